The number of nitrogens with one attached hydrogen (secondary N) is 3. The Morgan fingerprint density at radius 2 is 1.97 bits per heavy atom. The fourth-order valence-electron chi connectivity index (χ4n) is 4.62. The number of para-hydroxylation sites is 1. The summed E-state index contributed by atoms with van der Waals surface area (Å²) in [5.41, 5.74) is 7.45. The predicted molar refractivity (Wildman–Crippen MR) is 136 cm³/mol. The fourth-order valence-corrected chi connectivity index (χ4v) is 4.62. The molecule has 1 amide bonds. The number of furan rings is 1. The van der Waals surface area contributed by atoms with Gasteiger partial charge in [0.15, 0.2) is 11.5 Å². The number of hydrogen-bond donors (Lipinski definition) is 3. The topological polar surface area (TPSA) is 125 Å². The van der Waals surface area contributed by atoms with Gasteiger partial charge in [0, 0.05) is 40.6 Å². The highest BCUT2D eigenvalue weighted by atomic mass is 16.3. The summed E-state index contributed by atoms with van der Waals surface area (Å²) in [5.74, 6) is 0.839. The van der Waals surface area contributed by atoms with Crippen LogP contribution in [0.25, 0.3) is 55.8 Å². The van der Waals surface area contributed by atoms with E-state index in [1.54, 1.807) is 31.1 Å². The molecule has 5 aromatic heterocycles. The van der Waals surface area contributed by atoms with Crippen molar-refractivity contribution < 1.29 is 9.21 Å². The summed E-state index contributed by atoms with van der Waals surface area (Å²) < 4.78 is 5.27. The van der Waals surface area contributed by atoms with Crippen molar-refractivity contribution in [3.05, 3.63) is 67.5 Å². The summed E-state index contributed by atoms with van der Waals surface area (Å²) >= 11 is 0. The molecule has 0 spiro atoms. The third-order valence-corrected chi connectivity index (χ3v) is 6.81. The number of carbonyl (C=O) groups is 1. The number of anilines is 1. The average molecular weight is 476 g/mol. The van der Waals surface area contributed by atoms with Crippen LogP contribution in [0.4, 0.5) is 5.69 Å². The smallest absolute Gasteiger partial charge is 0.227 e. The molecule has 176 valence electrons. The van der Waals surface area contributed by atoms with Crippen LogP contribution in [-0.4, -0.2) is 36.0 Å². The molecule has 0 unspecified atom stereocenters. The van der Waals surface area contributed by atoms with Crippen LogP contribution in [0.15, 0.2) is 71.9 Å². The van der Waals surface area contributed by atoms with Crippen molar-refractivity contribution in [3.8, 4) is 33.8 Å². The van der Waals surface area contributed by atoms with Gasteiger partial charge in [-0.1, -0.05) is 18.6 Å². The second kappa shape index (κ2) is 8.16. The van der Waals surface area contributed by atoms with Crippen molar-refractivity contribution in [2.24, 2.45) is 5.92 Å². The minimum atomic E-state index is 0.0607. The van der Waals surface area contributed by atoms with Crippen LogP contribution in [0.2, 0.25) is 0 Å². The van der Waals surface area contributed by atoms with Crippen molar-refractivity contribution in [3.63, 3.8) is 0 Å². The Hall–Kier alpha value is -4.79. The lowest BCUT2D eigenvalue weighted by Gasteiger charge is -2.24. The minimum absolute atomic E-state index is 0.0607. The van der Waals surface area contributed by atoms with Gasteiger partial charge in [-0.15, -0.1) is 0 Å². The summed E-state index contributed by atoms with van der Waals surface area (Å²) in [5, 5.41) is 11.3. The largest absolute Gasteiger partial charge is 0.472 e. The van der Waals surface area contributed by atoms with Crippen LogP contribution >= 0.6 is 0 Å². The van der Waals surface area contributed by atoms with Gasteiger partial charge in [-0.25, -0.2) is 9.97 Å². The Bertz CT molecular complexity index is 1730. The maximum atomic E-state index is 12.4. The van der Waals surface area contributed by atoms with Gasteiger partial charge in [0.2, 0.25) is 5.91 Å². The van der Waals surface area contributed by atoms with Gasteiger partial charge in [0.05, 0.1) is 40.8 Å². The Morgan fingerprint density at radius 3 is 2.81 bits per heavy atom. The van der Waals surface area contributed by atoms with E-state index in [-0.39, 0.29) is 11.8 Å². The molecule has 5 heterocycles. The standard InChI is InChI=1S/C27H21N7O2/c35-27(15-3-1-4-15)30-19-9-17(11-28-13-19)18-10-21-24(33-34-25(21)29-12-18)26-31-22-6-2-5-20(23(22)32-26)16-7-8-36-14-16/h2,5-15H,1,3-4H2,(H,30,35)(H,31,32)(H,29,33,34). The molecule has 1 aliphatic carbocycles. The first-order valence-corrected chi connectivity index (χ1v) is 11.8. The van der Waals surface area contributed by atoms with E-state index in [0.717, 1.165) is 63.6 Å². The number of carbonyl (C=O) groups excluding carboxylic acids is 1. The SMILES string of the molecule is O=C(Nc1cncc(-c2cnc3n[nH]c(-c4nc5c(-c6ccoc6)cccc5[nH]4)c3c2)c1)C1CCC1. The van der Waals surface area contributed by atoms with Crippen molar-refractivity contribution >= 4 is 33.7 Å². The molecule has 9 heteroatoms. The first-order chi connectivity index (χ1) is 17.7. The predicted octanol–water partition coefficient (Wildman–Crippen LogP) is 5.56. The van der Waals surface area contributed by atoms with E-state index >= 15 is 0 Å². The number of H-pyrrole nitrogens is 2. The lowest BCUT2D eigenvalue weighted by molar-refractivity contribution is -0.122. The molecule has 0 aliphatic heterocycles. The average Bonchev–Trinajstić information content (AvgIpc) is 3.61. The highest BCUT2D eigenvalue weighted by molar-refractivity contribution is 5.97. The zero-order valence-corrected chi connectivity index (χ0v) is 19.2. The quantitative estimate of drug-likeness (QED) is 0.300. The van der Waals surface area contributed by atoms with E-state index in [4.69, 9.17) is 9.40 Å². The van der Waals surface area contributed by atoms with Gasteiger partial charge >= 0.3 is 0 Å². The van der Waals surface area contributed by atoms with Crippen LogP contribution in [0.3, 0.4) is 0 Å². The minimum Gasteiger partial charge on any atom is -0.472 e. The van der Waals surface area contributed by atoms with Crippen LogP contribution in [0, 0.1) is 5.92 Å². The van der Waals surface area contributed by atoms with Gasteiger partial charge in [0.1, 0.15) is 5.69 Å². The van der Waals surface area contributed by atoms with E-state index in [1.165, 1.54) is 0 Å². The van der Waals surface area contributed by atoms with E-state index in [1.807, 2.05) is 36.4 Å². The Balaban J connectivity index is 1.26. The Morgan fingerprint density at radius 1 is 1.06 bits per heavy atom. The highest BCUT2D eigenvalue weighted by Gasteiger charge is 2.25. The van der Waals surface area contributed by atoms with E-state index in [2.05, 4.69) is 30.5 Å². The normalized spacial score (nSPS) is 13.8. The number of amides is 1. The molecule has 1 aliphatic rings. The third-order valence-electron chi connectivity index (χ3n) is 6.81. The lowest BCUT2D eigenvalue weighted by Crippen LogP contribution is -2.28. The Kier molecular flexibility index (Phi) is 4.66. The highest BCUT2D eigenvalue weighted by Crippen LogP contribution is 2.33. The molecule has 0 bridgehead atoms. The fraction of sp³-hybridized carbons (Fsp3) is 0.148. The maximum absolute atomic E-state index is 12.4. The molecule has 0 saturated heterocycles. The number of pyridine rings is 2. The number of fused-ring (bicyclic) bond motifs is 2. The molecular formula is C27H21N7O2. The molecule has 6 aromatic rings. The number of rotatable bonds is 5. The van der Waals surface area contributed by atoms with E-state index < -0.39 is 0 Å². The molecule has 1 saturated carbocycles. The summed E-state index contributed by atoms with van der Waals surface area (Å²) in [6.45, 7) is 0. The summed E-state index contributed by atoms with van der Waals surface area (Å²) in [4.78, 5) is 29.5. The Labute approximate surface area is 205 Å². The van der Waals surface area contributed by atoms with Crippen molar-refractivity contribution in [2.75, 3.05) is 5.32 Å². The van der Waals surface area contributed by atoms with Crippen LogP contribution in [0.5, 0.6) is 0 Å². The van der Waals surface area contributed by atoms with E-state index in [0.29, 0.717) is 17.2 Å². The van der Waals surface area contributed by atoms with Gasteiger partial charge in [-0.3, -0.25) is 14.9 Å². The third kappa shape index (κ3) is 3.44. The molecule has 9 nitrogen and oxygen atoms in total. The monoisotopic (exact) mass is 475 g/mol. The molecule has 3 N–H and O–H groups in total. The molecule has 0 radical (unpaired) electrons. The van der Waals surface area contributed by atoms with Crippen LogP contribution < -0.4 is 5.32 Å². The summed E-state index contributed by atoms with van der Waals surface area (Å²) in [7, 11) is 0. The molecule has 1 fully saturated rings. The second-order valence-corrected chi connectivity index (χ2v) is 9.07. The van der Waals surface area contributed by atoms with Gasteiger partial charge < -0.3 is 14.7 Å². The van der Waals surface area contributed by atoms with Crippen molar-refractivity contribution in [1.82, 2.24) is 30.1 Å². The maximum Gasteiger partial charge on any atom is 0.227 e. The molecule has 7 rings (SSSR count). The number of aromatic nitrogens is 6. The summed E-state index contributed by atoms with van der Waals surface area (Å²) in [6, 6.07) is 11.9. The number of nitrogens with zero attached hydrogens (tertiary/aromatic N) is 4. The lowest BCUT2D eigenvalue weighted by atomic mass is 9.85. The van der Waals surface area contributed by atoms with Gasteiger partial charge in [-0.05, 0) is 37.1 Å². The van der Waals surface area contributed by atoms with E-state index in [9.17, 15) is 4.79 Å². The van der Waals surface area contributed by atoms with Crippen molar-refractivity contribution in [1.29, 1.82) is 0 Å². The molecule has 36 heavy (non-hydrogen) atoms. The second-order valence-electron chi connectivity index (χ2n) is 9.07. The number of imidazole rings is 1. The van der Waals surface area contributed by atoms with Gasteiger partial charge in [-0.2, -0.15) is 5.10 Å². The molecule has 1 aromatic carbocycles. The first-order valence-electron chi connectivity index (χ1n) is 11.8. The number of aromatic amines is 2. The summed E-state index contributed by atoms with van der Waals surface area (Å²) in [6.07, 6.45) is 11.6. The van der Waals surface area contributed by atoms with Gasteiger partial charge in [0.25, 0.3) is 0 Å². The number of benzene rings is 1. The molecular weight excluding hydrogens is 454 g/mol. The zero-order chi connectivity index (χ0) is 24.1. The molecule has 0 atom stereocenters. The number of hydrogen-bond acceptors (Lipinski definition) is 6. The zero-order valence-electron chi connectivity index (χ0n) is 19.2. The van der Waals surface area contributed by atoms with Crippen LogP contribution in [-0.2, 0) is 4.79 Å². The first kappa shape index (κ1) is 20.6. The van der Waals surface area contributed by atoms with Crippen LogP contribution in [0.1, 0.15) is 19.3 Å². The van der Waals surface area contributed by atoms with Crippen molar-refractivity contribution in [2.45, 2.75) is 19.3 Å².